The number of likely N-dealkylation sites (N-methyl/N-ethyl adjacent to an activating group) is 1. The van der Waals surface area contributed by atoms with Crippen LogP contribution in [-0.4, -0.2) is 60.5 Å². The van der Waals surface area contributed by atoms with E-state index in [1.165, 1.54) is 25.7 Å². The second-order valence-corrected chi connectivity index (χ2v) is 7.56. The molecule has 1 saturated carbocycles. The summed E-state index contributed by atoms with van der Waals surface area (Å²) in [7, 11) is 4.21. The maximum atomic E-state index is 12.8. The number of likely N-dealkylation sites (tertiary alicyclic amines) is 1. The van der Waals surface area contributed by atoms with Gasteiger partial charge in [0.05, 0.1) is 6.04 Å². The van der Waals surface area contributed by atoms with Crippen molar-refractivity contribution < 1.29 is 4.79 Å². The van der Waals surface area contributed by atoms with Gasteiger partial charge in [-0.3, -0.25) is 4.79 Å². The van der Waals surface area contributed by atoms with Crippen molar-refractivity contribution in [1.29, 1.82) is 0 Å². The number of carbonyl (C=O) groups excluding carboxylic acids is 1. The molecule has 3 rings (SSSR count). The molecule has 0 aromatic heterocycles. The van der Waals surface area contributed by atoms with E-state index in [-0.39, 0.29) is 6.04 Å². The summed E-state index contributed by atoms with van der Waals surface area (Å²) in [4.78, 5) is 17.3. The van der Waals surface area contributed by atoms with E-state index in [4.69, 9.17) is 0 Å². The summed E-state index contributed by atoms with van der Waals surface area (Å²) < 4.78 is 0. The first kappa shape index (κ1) is 15.3. The molecule has 2 saturated heterocycles. The largest absolute Gasteiger partial charge is 0.341 e. The monoisotopic (exact) mass is 293 g/mol. The number of rotatable bonds is 2. The van der Waals surface area contributed by atoms with E-state index in [2.05, 4.69) is 29.1 Å². The Kier molecular flexibility index (Phi) is 4.55. The van der Waals surface area contributed by atoms with Crippen molar-refractivity contribution in [1.82, 2.24) is 15.1 Å². The summed E-state index contributed by atoms with van der Waals surface area (Å²) in [6, 6.07) is 1.70. The van der Waals surface area contributed by atoms with E-state index in [0.717, 1.165) is 31.7 Å². The molecule has 5 unspecified atom stereocenters. The van der Waals surface area contributed by atoms with Crippen molar-refractivity contribution in [2.75, 3.05) is 20.6 Å². The fourth-order valence-corrected chi connectivity index (χ4v) is 4.55. The number of amides is 1. The molecule has 2 aliphatic heterocycles. The molecule has 120 valence electrons. The lowest BCUT2D eigenvalue weighted by molar-refractivity contribution is -0.135. The van der Waals surface area contributed by atoms with Crippen LogP contribution in [0.1, 0.15) is 51.9 Å². The van der Waals surface area contributed by atoms with Gasteiger partial charge in [0.2, 0.25) is 5.91 Å². The summed E-state index contributed by atoms with van der Waals surface area (Å²) in [5.74, 6) is 1.09. The SMILES string of the molecule is CC1CC(N(C)C(=O)C2CC3CCCCC3N2)CCN1C. The number of nitrogens with one attached hydrogen (secondary N) is 1. The molecule has 3 fully saturated rings. The van der Waals surface area contributed by atoms with Gasteiger partial charge in [-0.05, 0) is 52.0 Å². The second kappa shape index (κ2) is 6.25. The fraction of sp³-hybridized carbons (Fsp3) is 0.941. The summed E-state index contributed by atoms with van der Waals surface area (Å²) in [6.07, 6.45) is 8.56. The molecule has 5 atom stereocenters. The van der Waals surface area contributed by atoms with Crippen LogP contribution in [0.5, 0.6) is 0 Å². The molecule has 1 amide bonds. The third-order valence-corrected chi connectivity index (χ3v) is 6.24. The topological polar surface area (TPSA) is 35.6 Å². The highest BCUT2D eigenvalue weighted by atomic mass is 16.2. The van der Waals surface area contributed by atoms with Crippen LogP contribution in [0, 0.1) is 5.92 Å². The van der Waals surface area contributed by atoms with Gasteiger partial charge in [-0.15, -0.1) is 0 Å². The van der Waals surface area contributed by atoms with Crippen LogP contribution < -0.4 is 5.32 Å². The first-order valence-electron chi connectivity index (χ1n) is 8.79. The Morgan fingerprint density at radius 1 is 1.19 bits per heavy atom. The van der Waals surface area contributed by atoms with E-state index in [1.807, 2.05) is 7.05 Å². The minimum atomic E-state index is 0.0815. The average molecular weight is 293 g/mol. The zero-order valence-corrected chi connectivity index (χ0v) is 13.8. The summed E-state index contributed by atoms with van der Waals surface area (Å²) in [5.41, 5.74) is 0. The third kappa shape index (κ3) is 3.11. The number of fused-ring (bicyclic) bond motifs is 1. The number of hydrogen-bond donors (Lipinski definition) is 1. The van der Waals surface area contributed by atoms with Crippen molar-refractivity contribution in [2.45, 2.75) is 76.0 Å². The Balaban J connectivity index is 1.57. The van der Waals surface area contributed by atoms with E-state index in [0.29, 0.717) is 24.0 Å². The molecule has 4 nitrogen and oxygen atoms in total. The zero-order valence-electron chi connectivity index (χ0n) is 13.8. The Hall–Kier alpha value is -0.610. The maximum Gasteiger partial charge on any atom is 0.239 e. The molecule has 0 radical (unpaired) electrons. The molecule has 4 heteroatoms. The molecule has 0 spiro atoms. The molecule has 1 aliphatic carbocycles. The molecular formula is C17H31N3O. The average Bonchev–Trinajstić information content (AvgIpc) is 2.92. The van der Waals surface area contributed by atoms with Gasteiger partial charge in [0.25, 0.3) is 0 Å². The summed E-state index contributed by atoms with van der Waals surface area (Å²) in [5, 5.41) is 3.63. The smallest absolute Gasteiger partial charge is 0.239 e. The molecule has 0 aromatic rings. The van der Waals surface area contributed by atoms with Gasteiger partial charge in [-0.1, -0.05) is 12.8 Å². The first-order chi connectivity index (χ1) is 10.1. The van der Waals surface area contributed by atoms with Crippen molar-refractivity contribution in [2.24, 2.45) is 5.92 Å². The molecule has 2 heterocycles. The summed E-state index contributed by atoms with van der Waals surface area (Å²) >= 11 is 0. The zero-order chi connectivity index (χ0) is 15.0. The van der Waals surface area contributed by atoms with Crippen LogP contribution in [0.3, 0.4) is 0 Å². The van der Waals surface area contributed by atoms with Gasteiger partial charge in [0.15, 0.2) is 0 Å². The number of hydrogen-bond acceptors (Lipinski definition) is 3. The Morgan fingerprint density at radius 2 is 1.95 bits per heavy atom. The maximum absolute atomic E-state index is 12.8. The van der Waals surface area contributed by atoms with Crippen LogP contribution in [-0.2, 0) is 4.79 Å². The molecule has 0 aromatic carbocycles. The highest BCUT2D eigenvalue weighted by Gasteiger charge is 2.40. The van der Waals surface area contributed by atoms with Gasteiger partial charge in [-0.2, -0.15) is 0 Å². The van der Waals surface area contributed by atoms with Gasteiger partial charge in [-0.25, -0.2) is 0 Å². The fourth-order valence-electron chi connectivity index (χ4n) is 4.55. The molecule has 3 aliphatic rings. The van der Waals surface area contributed by atoms with Crippen LogP contribution in [0.4, 0.5) is 0 Å². The van der Waals surface area contributed by atoms with Crippen LogP contribution in [0.25, 0.3) is 0 Å². The standard InChI is InChI=1S/C17H31N3O/c1-12-10-14(8-9-19(12)2)20(3)17(21)16-11-13-6-4-5-7-15(13)18-16/h12-16,18H,4-11H2,1-3H3. The van der Waals surface area contributed by atoms with Gasteiger partial charge in [0.1, 0.15) is 0 Å². The van der Waals surface area contributed by atoms with Gasteiger partial charge >= 0.3 is 0 Å². The predicted molar refractivity (Wildman–Crippen MR) is 85.2 cm³/mol. The Labute approximate surface area is 129 Å². The number of nitrogens with zero attached hydrogens (tertiary/aromatic N) is 2. The number of carbonyl (C=O) groups is 1. The first-order valence-corrected chi connectivity index (χ1v) is 8.79. The minimum Gasteiger partial charge on any atom is -0.341 e. The molecule has 21 heavy (non-hydrogen) atoms. The minimum absolute atomic E-state index is 0.0815. The summed E-state index contributed by atoms with van der Waals surface area (Å²) in [6.45, 7) is 3.37. The van der Waals surface area contributed by atoms with E-state index < -0.39 is 0 Å². The Bertz CT molecular complexity index is 372. The van der Waals surface area contributed by atoms with Crippen LogP contribution in [0.2, 0.25) is 0 Å². The quantitative estimate of drug-likeness (QED) is 0.844. The molecule has 0 bridgehead atoms. The van der Waals surface area contributed by atoms with Crippen molar-refractivity contribution >= 4 is 5.91 Å². The lowest BCUT2D eigenvalue weighted by Crippen LogP contribution is -2.52. The lowest BCUT2D eigenvalue weighted by Gasteiger charge is -2.40. The van der Waals surface area contributed by atoms with Crippen molar-refractivity contribution in [3.05, 3.63) is 0 Å². The van der Waals surface area contributed by atoms with Crippen LogP contribution >= 0.6 is 0 Å². The van der Waals surface area contributed by atoms with E-state index in [9.17, 15) is 4.79 Å². The molecular weight excluding hydrogens is 262 g/mol. The second-order valence-electron chi connectivity index (χ2n) is 7.56. The highest BCUT2D eigenvalue weighted by molar-refractivity contribution is 5.82. The van der Waals surface area contributed by atoms with E-state index in [1.54, 1.807) is 0 Å². The van der Waals surface area contributed by atoms with Gasteiger partial charge < -0.3 is 15.1 Å². The normalized spacial score (nSPS) is 40.8. The third-order valence-electron chi connectivity index (χ3n) is 6.24. The van der Waals surface area contributed by atoms with Crippen molar-refractivity contribution in [3.63, 3.8) is 0 Å². The predicted octanol–water partition coefficient (Wildman–Crippen LogP) is 1.85. The Morgan fingerprint density at radius 3 is 2.67 bits per heavy atom. The highest BCUT2D eigenvalue weighted by Crippen LogP contribution is 2.34. The number of piperidine rings is 1. The lowest BCUT2D eigenvalue weighted by atomic mass is 9.85. The molecule has 1 N–H and O–H groups in total. The van der Waals surface area contributed by atoms with Crippen molar-refractivity contribution in [3.8, 4) is 0 Å². The van der Waals surface area contributed by atoms with E-state index >= 15 is 0 Å². The van der Waals surface area contributed by atoms with Crippen LogP contribution in [0.15, 0.2) is 0 Å². The van der Waals surface area contributed by atoms with Gasteiger partial charge in [0, 0.05) is 31.7 Å².